The molecule has 74 valence electrons. The Labute approximate surface area is 122 Å². The summed E-state index contributed by atoms with van der Waals surface area (Å²) < 4.78 is 0. The van der Waals surface area contributed by atoms with Crippen LogP contribution in [0.25, 0.3) is 0 Å². The SMILES string of the molecule is O=C([O-])CC(O)(CC(=O)[O-])C(=O)[O-].[Na+].[Ti+4]. The first-order chi connectivity index (χ1) is 5.78. The third kappa shape index (κ3) is 7.95. The summed E-state index contributed by atoms with van der Waals surface area (Å²) in [5.41, 5.74) is -2.97. The number of aliphatic hydroxyl groups is 1. The zero-order chi connectivity index (χ0) is 10.6. The van der Waals surface area contributed by atoms with E-state index >= 15 is 0 Å². The molecule has 0 bridgehead atoms. The average Bonchev–Trinajstić information content (AvgIpc) is 1.82. The predicted molar refractivity (Wildman–Crippen MR) is 29.2 cm³/mol. The van der Waals surface area contributed by atoms with Crippen molar-refractivity contribution in [1.29, 1.82) is 0 Å². The Bertz CT molecular complexity index is 238. The Morgan fingerprint density at radius 2 is 1.27 bits per heavy atom. The van der Waals surface area contributed by atoms with Gasteiger partial charge in [0, 0.05) is 24.8 Å². The molecule has 7 nitrogen and oxygen atoms in total. The third-order valence-corrected chi connectivity index (χ3v) is 1.25. The fourth-order valence-corrected chi connectivity index (χ4v) is 0.684. The van der Waals surface area contributed by atoms with Crippen LogP contribution in [0.15, 0.2) is 0 Å². The number of hydrogen-bond donors (Lipinski definition) is 1. The van der Waals surface area contributed by atoms with Crippen LogP contribution in [-0.4, -0.2) is 28.6 Å². The topological polar surface area (TPSA) is 141 Å². The maximum absolute atomic E-state index is 10.1. The Hall–Kier alpha value is 0.0843. The van der Waals surface area contributed by atoms with E-state index in [1.54, 1.807) is 0 Å². The van der Waals surface area contributed by atoms with Gasteiger partial charge < -0.3 is 34.8 Å². The van der Waals surface area contributed by atoms with Crippen molar-refractivity contribution in [3.8, 4) is 0 Å². The zero-order valence-electron chi connectivity index (χ0n) is 7.81. The van der Waals surface area contributed by atoms with Crippen molar-refractivity contribution < 1.29 is 86.1 Å². The number of aliphatic carboxylic acids is 3. The number of carbonyl (C=O) groups is 3. The van der Waals surface area contributed by atoms with Gasteiger partial charge in [-0.25, -0.2) is 0 Å². The zero-order valence-corrected chi connectivity index (χ0v) is 11.4. The van der Waals surface area contributed by atoms with Crippen molar-refractivity contribution in [3.63, 3.8) is 0 Å². The largest absolute Gasteiger partial charge is 4.00 e. The number of carboxylic acid groups (broad SMARTS) is 3. The summed E-state index contributed by atoms with van der Waals surface area (Å²) in [6, 6.07) is 0. The van der Waals surface area contributed by atoms with Crippen molar-refractivity contribution in [3.05, 3.63) is 0 Å². The van der Waals surface area contributed by atoms with Crippen molar-refractivity contribution >= 4 is 17.9 Å². The van der Waals surface area contributed by atoms with Crippen LogP contribution in [0.5, 0.6) is 0 Å². The van der Waals surface area contributed by atoms with Crippen LogP contribution in [0.3, 0.4) is 0 Å². The molecular formula is C6H5NaO7Ti+2. The molecular weight excluding hydrogens is 255 g/mol. The van der Waals surface area contributed by atoms with Gasteiger partial charge in [0.15, 0.2) is 0 Å². The molecule has 0 aliphatic rings. The second-order valence-corrected chi connectivity index (χ2v) is 2.42. The molecule has 0 heterocycles. The molecule has 0 aromatic carbocycles. The van der Waals surface area contributed by atoms with Gasteiger partial charge in [0.1, 0.15) is 5.60 Å². The second kappa shape index (κ2) is 8.26. The maximum Gasteiger partial charge on any atom is 4.00 e. The van der Waals surface area contributed by atoms with Crippen LogP contribution >= 0.6 is 0 Å². The van der Waals surface area contributed by atoms with E-state index in [9.17, 15) is 29.7 Å². The standard InChI is InChI=1S/C6H8O7.Na.Ti/c7-3(8)1-6(13,5(11)12)2-4(9)10;;/h13H,1-2H2,(H,7,8)(H,9,10)(H,11,12);;/q;+1;+4/p-3. The van der Waals surface area contributed by atoms with Crippen molar-refractivity contribution in [1.82, 2.24) is 0 Å². The molecule has 0 saturated heterocycles. The van der Waals surface area contributed by atoms with E-state index in [2.05, 4.69) is 0 Å². The van der Waals surface area contributed by atoms with Gasteiger partial charge in [-0.2, -0.15) is 0 Å². The van der Waals surface area contributed by atoms with Crippen molar-refractivity contribution in [2.24, 2.45) is 0 Å². The van der Waals surface area contributed by atoms with Crippen LogP contribution in [0.4, 0.5) is 0 Å². The minimum absolute atomic E-state index is 0. The summed E-state index contributed by atoms with van der Waals surface area (Å²) in [5.74, 6) is -5.98. The van der Waals surface area contributed by atoms with Gasteiger partial charge in [0.2, 0.25) is 0 Å². The molecule has 0 saturated carbocycles. The van der Waals surface area contributed by atoms with Crippen LogP contribution in [0, 0.1) is 0 Å². The van der Waals surface area contributed by atoms with E-state index in [0.29, 0.717) is 0 Å². The maximum atomic E-state index is 10.1. The Morgan fingerprint density at radius 1 is 1.00 bits per heavy atom. The number of rotatable bonds is 5. The third-order valence-electron chi connectivity index (χ3n) is 1.25. The van der Waals surface area contributed by atoms with Crippen LogP contribution in [-0.2, 0) is 36.1 Å². The van der Waals surface area contributed by atoms with Gasteiger partial charge in [-0.1, -0.05) is 0 Å². The Balaban J connectivity index is -0.000000720. The summed E-state index contributed by atoms with van der Waals surface area (Å²) in [6.45, 7) is 0. The number of hydrogen-bond acceptors (Lipinski definition) is 7. The molecule has 15 heavy (non-hydrogen) atoms. The van der Waals surface area contributed by atoms with E-state index in [1.807, 2.05) is 0 Å². The molecule has 0 rings (SSSR count). The Morgan fingerprint density at radius 3 is 1.40 bits per heavy atom. The summed E-state index contributed by atoms with van der Waals surface area (Å²) >= 11 is 0. The fraction of sp³-hybridized carbons (Fsp3) is 0.500. The molecule has 0 aliphatic carbocycles. The molecule has 0 aliphatic heterocycles. The van der Waals surface area contributed by atoms with Gasteiger partial charge >= 0.3 is 51.3 Å². The van der Waals surface area contributed by atoms with E-state index in [-0.39, 0.29) is 51.3 Å². The fourth-order valence-electron chi connectivity index (χ4n) is 0.684. The molecule has 0 fully saturated rings. The smallest absolute Gasteiger partial charge is 0.550 e. The normalized spacial score (nSPS) is 9.40. The van der Waals surface area contributed by atoms with Gasteiger partial charge in [-0.15, -0.1) is 0 Å². The summed E-state index contributed by atoms with van der Waals surface area (Å²) in [4.78, 5) is 30.0. The second-order valence-electron chi connectivity index (χ2n) is 2.42. The molecule has 0 radical (unpaired) electrons. The number of carbonyl (C=O) groups excluding carboxylic acids is 3. The minimum Gasteiger partial charge on any atom is -0.550 e. The summed E-state index contributed by atoms with van der Waals surface area (Å²) in [7, 11) is 0. The first-order valence-corrected chi connectivity index (χ1v) is 3.11. The van der Waals surface area contributed by atoms with E-state index in [1.165, 1.54) is 0 Å². The van der Waals surface area contributed by atoms with E-state index < -0.39 is 36.4 Å². The van der Waals surface area contributed by atoms with Gasteiger partial charge in [-0.3, -0.25) is 0 Å². The van der Waals surface area contributed by atoms with Crippen LogP contribution in [0.2, 0.25) is 0 Å². The molecule has 1 N–H and O–H groups in total. The summed E-state index contributed by atoms with van der Waals surface area (Å²) in [5, 5.41) is 38.9. The van der Waals surface area contributed by atoms with Gasteiger partial charge in [0.05, 0.1) is 5.97 Å². The van der Waals surface area contributed by atoms with Gasteiger partial charge in [-0.05, 0) is 0 Å². The molecule has 0 aromatic rings. The molecule has 0 amide bonds. The van der Waals surface area contributed by atoms with Crippen molar-refractivity contribution in [2.45, 2.75) is 18.4 Å². The predicted octanol–water partition coefficient (Wildman–Crippen LogP) is -8.25. The average molecular weight is 260 g/mol. The number of carboxylic acids is 3. The van der Waals surface area contributed by atoms with Gasteiger partial charge in [0.25, 0.3) is 0 Å². The van der Waals surface area contributed by atoms with E-state index in [4.69, 9.17) is 5.11 Å². The van der Waals surface area contributed by atoms with Crippen LogP contribution < -0.4 is 44.9 Å². The van der Waals surface area contributed by atoms with E-state index in [0.717, 1.165) is 0 Å². The summed E-state index contributed by atoms with van der Waals surface area (Å²) in [6.07, 6.45) is -2.72. The molecule has 0 unspecified atom stereocenters. The first-order valence-electron chi connectivity index (χ1n) is 3.11. The molecule has 0 spiro atoms. The van der Waals surface area contributed by atoms with Crippen molar-refractivity contribution in [2.75, 3.05) is 0 Å². The molecule has 9 heteroatoms. The molecule has 0 atom stereocenters. The quantitative estimate of drug-likeness (QED) is 0.484. The minimum atomic E-state index is -2.97. The molecule has 0 aromatic heterocycles. The van der Waals surface area contributed by atoms with Crippen LogP contribution in [0.1, 0.15) is 12.8 Å². The first kappa shape index (κ1) is 20.5. The monoisotopic (exact) mass is 260 g/mol. The Kier molecular flexibility index (Phi) is 11.3.